The van der Waals surface area contributed by atoms with E-state index in [4.69, 9.17) is 4.74 Å². The number of halogens is 2. The van der Waals surface area contributed by atoms with Crippen molar-refractivity contribution in [3.63, 3.8) is 0 Å². The second-order valence-corrected chi connectivity index (χ2v) is 8.64. The summed E-state index contributed by atoms with van der Waals surface area (Å²) in [6, 6.07) is 3.08. The van der Waals surface area contributed by atoms with E-state index in [9.17, 15) is 17.2 Å². The molecule has 2 N–H and O–H groups in total. The molecule has 0 aromatic heterocycles. The summed E-state index contributed by atoms with van der Waals surface area (Å²) in [6.45, 7) is 3.17. The molecular weight excluding hydrogens is 350 g/mol. The normalized spacial score (nSPS) is 22.0. The van der Waals surface area contributed by atoms with Crippen LogP contribution in [0.5, 0.6) is 0 Å². The summed E-state index contributed by atoms with van der Waals surface area (Å²) < 4.78 is 60.7. The summed E-state index contributed by atoms with van der Waals surface area (Å²) in [7, 11) is -4.24. The number of benzene rings is 1. The molecule has 140 valence electrons. The van der Waals surface area contributed by atoms with E-state index in [1.165, 1.54) is 4.90 Å². The van der Waals surface area contributed by atoms with Gasteiger partial charge in [0.2, 0.25) is 10.0 Å². The smallest absolute Gasteiger partial charge is 0.246 e. The van der Waals surface area contributed by atoms with E-state index in [1.54, 1.807) is 0 Å². The van der Waals surface area contributed by atoms with Crippen molar-refractivity contribution in [2.24, 2.45) is 0 Å². The van der Waals surface area contributed by atoms with Crippen molar-refractivity contribution in [3.05, 3.63) is 29.8 Å². The average Bonchev–Trinajstić information content (AvgIpc) is 2.61. The fraction of sp³-hybridized carbons (Fsp3) is 0.647. The number of hydrogen-bond donors (Lipinski definition) is 2. The SMILES string of the molecule is O=S(=O)(NCC1([NH+]2CCOCC2)CCCCC1)c1c(F)cccc1F. The summed E-state index contributed by atoms with van der Waals surface area (Å²) in [4.78, 5) is 0.438. The molecule has 8 heteroatoms. The lowest BCUT2D eigenvalue weighted by molar-refractivity contribution is -0.960. The average molecular weight is 375 g/mol. The molecule has 0 radical (unpaired) electrons. The number of rotatable bonds is 5. The van der Waals surface area contributed by atoms with E-state index in [1.807, 2.05) is 0 Å². The Morgan fingerprint density at radius 3 is 2.28 bits per heavy atom. The number of sulfonamides is 1. The largest absolute Gasteiger partial charge is 0.370 e. The Morgan fingerprint density at radius 1 is 1.08 bits per heavy atom. The van der Waals surface area contributed by atoms with E-state index in [2.05, 4.69) is 4.72 Å². The molecule has 0 spiro atoms. The van der Waals surface area contributed by atoms with E-state index < -0.39 is 26.6 Å². The first-order valence-electron chi connectivity index (χ1n) is 8.81. The number of quaternary nitrogens is 1. The molecule has 2 fully saturated rings. The van der Waals surface area contributed by atoms with Crippen LogP contribution in [0, 0.1) is 11.6 Å². The van der Waals surface area contributed by atoms with Crippen LogP contribution in [0.2, 0.25) is 0 Å². The zero-order valence-electron chi connectivity index (χ0n) is 14.2. The monoisotopic (exact) mass is 375 g/mol. The molecule has 25 heavy (non-hydrogen) atoms. The van der Waals surface area contributed by atoms with Crippen LogP contribution in [-0.2, 0) is 14.8 Å². The Kier molecular flexibility index (Phi) is 5.72. The van der Waals surface area contributed by atoms with Gasteiger partial charge in [-0.2, -0.15) is 0 Å². The standard InChI is InChI=1S/C17H24F2N2O3S/c18-14-5-4-6-15(19)16(14)25(22,23)20-13-17(7-2-1-3-8-17)21-9-11-24-12-10-21/h4-6,20H,1-3,7-13H2/p+1. The van der Waals surface area contributed by atoms with Crippen molar-refractivity contribution in [2.45, 2.75) is 42.5 Å². The van der Waals surface area contributed by atoms with Gasteiger partial charge in [-0.25, -0.2) is 21.9 Å². The molecule has 0 amide bonds. The van der Waals surface area contributed by atoms with Gasteiger partial charge >= 0.3 is 0 Å². The van der Waals surface area contributed by atoms with Crippen LogP contribution < -0.4 is 9.62 Å². The third-order valence-corrected chi connectivity index (χ3v) is 6.90. The molecule has 2 aliphatic rings. The lowest BCUT2D eigenvalue weighted by Gasteiger charge is -2.44. The van der Waals surface area contributed by atoms with Gasteiger partial charge < -0.3 is 9.64 Å². The fourth-order valence-electron chi connectivity index (χ4n) is 4.08. The molecule has 1 heterocycles. The third-order valence-electron chi connectivity index (χ3n) is 5.45. The quantitative estimate of drug-likeness (QED) is 0.803. The molecule has 5 nitrogen and oxygen atoms in total. The van der Waals surface area contributed by atoms with Crippen LogP contribution in [0.4, 0.5) is 8.78 Å². The summed E-state index contributed by atoms with van der Waals surface area (Å²) in [6.07, 6.45) is 5.04. The summed E-state index contributed by atoms with van der Waals surface area (Å²) in [5, 5.41) is 0. The van der Waals surface area contributed by atoms with Gasteiger partial charge in [0.05, 0.1) is 19.8 Å². The maximum absolute atomic E-state index is 13.9. The Hall–Kier alpha value is -1.09. The number of ether oxygens (including phenoxy) is 1. The number of morpholine rings is 1. The van der Waals surface area contributed by atoms with Gasteiger partial charge in [0.25, 0.3) is 0 Å². The topological polar surface area (TPSA) is 59.8 Å². The highest BCUT2D eigenvalue weighted by Gasteiger charge is 2.43. The van der Waals surface area contributed by atoms with Gasteiger partial charge in [-0.3, -0.25) is 0 Å². The van der Waals surface area contributed by atoms with Crippen LogP contribution in [-0.4, -0.2) is 46.8 Å². The van der Waals surface area contributed by atoms with E-state index in [-0.39, 0.29) is 12.1 Å². The second kappa shape index (κ2) is 7.65. The zero-order valence-corrected chi connectivity index (χ0v) is 15.0. The highest BCUT2D eigenvalue weighted by atomic mass is 32.2. The summed E-state index contributed by atoms with van der Waals surface area (Å²) >= 11 is 0. The number of nitrogens with one attached hydrogen (secondary N) is 2. The van der Waals surface area contributed by atoms with Gasteiger partial charge in [0, 0.05) is 12.8 Å². The fourth-order valence-corrected chi connectivity index (χ4v) is 5.34. The van der Waals surface area contributed by atoms with Crippen molar-refractivity contribution < 1.29 is 26.8 Å². The Balaban J connectivity index is 1.80. The van der Waals surface area contributed by atoms with Crippen LogP contribution >= 0.6 is 0 Å². The van der Waals surface area contributed by atoms with E-state index >= 15 is 0 Å². The van der Waals surface area contributed by atoms with Crippen LogP contribution in [0.3, 0.4) is 0 Å². The van der Waals surface area contributed by atoms with Gasteiger partial charge in [0.1, 0.15) is 30.3 Å². The first kappa shape index (κ1) is 18.7. The van der Waals surface area contributed by atoms with Crippen LogP contribution in [0.1, 0.15) is 32.1 Å². The van der Waals surface area contributed by atoms with Crippen LogP contribution in [0.25, 0.3) is 0 Å². The highest BCUT2D eigenvalue weighted by molar-refractivity contribution is 7.89. The summed E-state index contributed by atoms with van der Waals surface area (Å²) in [5.41, 5.74) is -0.225. The molecule has 1 aromatic carbocycles. The predicted molar refractivity (Wildman–Crippen MR) is 88.9 cm³/mol. The second-order valence-electron chi connectivity index (χ2n) is 6.93. The van der Waals surface area contributed by atoms with Crippen LogP contribution in [0.15, 0.2) is 23.1 Å². The number of hydrogen-bond acceptors (Lipinski definition) is 3. The lowest BCUT2D eigenvalue weighted by Crippen LogP contribution is -3.23. The Morgan fingerprint density at radius 2 is 1.68 bits per heavy atom. The molecule has 0 bridgehead atoms. The van der Waals surface area contributed by atoms with Crippen molar-refractivity contribution in [2.75, 3.05) is 32.8 Å². The third kappa shape index (κ3) is 4.02. The molecule has 1 aromatic rings. The van der Waals surface area contributed by atoms with E-state index in [0.29, 0.717) is 13.2 Å². The van der Waals surface area contributed by atoms with Gasteiger partial charge in [-0.05, 0) is 25.0 Å². The van der Waals surface area contributed by atoms with Crippen molar-refractivity contribution in [1.82, 2.24) is 4.72 Å². The maximum Gasteiger partial charge on any atom is 0.246 e. The van der Waals surface area contributed by atoms with Gasteiger partial charge in [-0.15, -0.1) is 0 Å². The Bertz CT molecular complexity index is 680. The van der Waals surface area contributed by atoms with E-state index in [0.717, 1.165) is 63.4 Å². The minimum absolute atomic E-state index is 0.193. The molecule has 1 aliphatic heterocycles. The predicted octanol–water partition coefficient (Wildman–Crippen LogP) is 0.861. The first-order chi connectivity index (χ1) is 11.9. The molecule has 1 saturated carbocycles. The summed E-state index contributed by atoms with van der Waals surface area (Å²) in [5.74, 6) is -2.13. The Labute approximate surface area is 147 Å². The maximum atomic E-state index is 13.9. The molecule has 1 aliphatic carbocycles. The molecule has 3 rings (SSSR count). The molecule has 0 atom stereocenters. The molecular formula is C17H25F2N2O3S+. The van der Waals surface area contributed by atoms with Crippen molar-refractivity contribution in [3.8, 4) is 0 Å². The molecule has 0 unspecified atom stereocenters. The van der Waals surface area contributed by atoms with Crippen molar-refractivity contribution >= 4 is 10.0 Å². The molecule has 1 saturated heterocycles. The first-order valence-corrected chi connectivity index (χ1v) is 10.3. The van der Waals surface area contributed by atoms with Gasteiger partial charge in [0.15, 0.2) is 4.90 Å². The van der Waals surface area contributed by atoms with Crippen molar-refractivity contribution in [1.29, 1.82) is 0 Å². The zero-order chi connectivity index (χ0) is 17.9. The van der Waals surface area contributed by atoms with Gasteiger partial charge in [-0.1, -0.05) is 12.5 Å². The lowest BCUT2D eigenvalue weighted by atomic mass is 9.80. The highest BCUT2D eigenvalue weighted by Crippen LogP contribution is 2.26. The minimum Gasteiger partial charge on any atom is -0.370 e. The minimum atomic E-state index is -4.24.